The summed E-state index contributed by atoms with van der Waals surface area (Å²) >= 11 is 1.43. The molecule has 2 aromatic carbocycles. The van der Waals surface area contributed by atoms with E-state index in [2.05, 4.69) is 4.90 Å². The van der Waals surface area contributed by atoms with Gasteiger partial charge in [0.25, 0.3) is 5.91 Å². The molecule has 0 saturated carbocycles. The number of nitrogens with zero attached hydrogens (tertiary/aromatic N) is 2. The van der Waals surface area contributed by atoms with Crippen molar-refractivity contribution in [2.45, 2.75) is 10.1 Å². The Kier molecular flexibility index (Phi) is 6.18. The molecule has 1 unspecified atom stereocenters. The SMILES string of the molecule is COc1ccc(C2Sc3ccccc3N(CCN3CCOCC3)C(=O)C2=O)cc1. The number of ketones is 1. The number of methoxy groups -OCH3 is 1. The van der Waals surface area contributed by atoms with Gasteiger partial charge in [-0.05, 0) is 29.8 Å². The number of hydrogen-bond donors (Lipinski definition) is 0. The molecule has 29 heavy (non-hydrogen) atoms. The molecule has 1 amide bonds. The van der Waals surface area contributed by atoms with E-state index in [1.54, 1.807) is 12.0 Å². The fourth-order valence-corrected chi connectivity index (χ4v) is 4.81. The Morgan fingerprint density at radius 2 is 1.76 bits per heavy atom. The zero-order chi connectivity index (χ0) is 20.2. The first kappa shape index (κ1) is 19.9. The van der Waals surface area contributed by atoms with Crippen LogP contribution in [0.5, 0.6) is 5.75 Å². The van der Waals surface area contributed by atoms with Gasteiger partial charge in [-0.3, -0.25) is 14.5 Å². The van der Waals surface area contributed by atoms with Crippen LogP contribution in [0.3, 0.4) is 0 Å². The summed E-state index contributed by atoms with van der Waals surface area (Å²) < 4.78 is 10.6. The normalized spacial score (nSPS) is 20.3. The zero-order valence-electron chi connectivity index (χ0n) is 16.4. The second-order valence-electron chi connectivity index (χ2n) is 7.01. The van der Waals surface area contributed by atoms with Gasteiger partial charge in [0, 0.05) is 31.1 Å². The number of ether oxygens (including phenoxy) is 2. The Hall–Kier alpha value is -2.35. The Bertz CT molecular complexity index is 881. The van der Waals surface area contributed by atoms with E-state index in [-0.39, 0.29) is 0 Å². The molecule has 2 aliphatic rings. The lowest BCUT2D eigenvalue weighted by Gasteiger charge is -2.29. The van der Waals surface area contributed by atoms with Gasteiger partial charge in [-0.25, -0.2) is 0 Å². The van der Waals surface area contributed by atoms with Crippen LogP contribution in [-0.4, -0.2) is 63.1 Å². The molecule has 0 aromatic heterocycles. The number of benzene rings is 2. The van der Waals surface area contributed by atoms with E-state index in [1.807, 2.05) is 48.5 Å². The van der Waals surface area contributed by atoms with Crippen molar-refractivity contribution in [3.05, 3.63) is 54.1 Å². The van der Waals surface area contributed by atoms with Gasteiger partial charge in [0.1, 0.15) is 11.0 Å². The number of carbonyl (C=O) groups excluding carboxylic acids is 2. The molecule has 0 N–H and O–H groups in total. The summed E-state index contributed by atoms with van der Waals surface area (Å²) in [4.78, 5) is 31.2. The second-order valence-corrected chi connectivity index (χ2v) is 8.16. The Labute approximate surface area is 174 Å². The lowest BCUT2D eigenvalue weighted by molar-refractivity contribution is -0.136. The van der Waals surface area contributed by atoms with E-state index in [4.69, 9.17) is 9.47 Å². The third-order valence-corrected chi connectivity index (χ3v) is 6.58. The van der Waals surface area contributed by atoms with E-state index >= 15 is 0 Å². The van der Waals surface area contributed by atoms with Crippen LogP contribution in [0.1, 0.15) is 10.8 Å². The van der Waals surface area contributed by atoms with Gasteiger partial charge in [0.05, 0.1) is 26.0 Å². The minimum atomic E-state index is -0.567. The molecule has 0 radical (unpaired) electrons. The molecule has 6 nitrogen and oxygen atoms in total. The summed E-state index contributed by atoms with van der Waals surface area (Å²) in [6, 6.07) is 15.1. The van der Waals surface area contributed by atoms with E-state index in [9.17, 15) is 9.59 Å². The van der Waals surface area contributed by atoms with Crippen molar-refractivity contribution >= 4 is 29.1 Å². The molecule has 1 fully saturated rings. The third-order valence-electron chi connectivity index (χ3n) is 5.26. The van der Waals surface area contributed by atoms with Crippen molar-refractivity contribution in [3.63, 3.8) is 0 Å². The fraction of sp³-hybridized carbons (Fsp3) is 0.364. The summed E-state index contributed by atoms with van der Waals surface area (Å²) in [6.07, 6.45) is 0. The van der Waals surface area contributed by atoms with Crippen LogP contribution in [0, 0.1) is 0 Å². The monoisotopic (exact) mass is 412 g/mol. The van der Waals surface area contributed by atoms with Crippen molar-refractivity contribution in [2.24, 2.45) is 0 Å². The number of amides is 1. The Balaban J connectivity index is 1.61. The van der Waals surface area contributed by atoms with E-state index in [0.29, 0.717) is 26.3 Å². The van der Waals surface area contributed by atoms with Crippen molar-refractivity contribution in [3.8, 4) is 5.75 Å². The highest BCUT2D eigenvalue weighted by Gasteiger charge is 2.37. The number of anilines is 1. The number of Topliss-reactive ketones (excluding diaryl/α,β-unsaturated/α-hetero) is 1. The number of fused-ring (bicyclic) bond motifs is 1. The van der Waals surface area contributed by atoms with Gasteiger partial charge in [-0.1, -0.05) is 24.3 Å². The number of para-hydroxylation sites is 1. The van der Waals surface area contributed by atoms with Crippen LogP contribution in [-0.2, 0) is 14.3 Å². The summed E-state index contributed by atoms with van der Waals surface area (Å²) in [5.74, 6) is -0.117. The zero-order valence-corrected chi connectivity index (χ0v) is 17.2. The van der Waals surface area contributed by atoms with Crippen LogP contribution in [0.25, 0.3) is 0 Å². The molecule has 2 aliphatic heterocycles. The average Bonchev–Trinajstić information content (AvgIpc) is 2.88. The van der Waals surface area contributed by atoms with Crippen LogP contribution >= 0.6 is 11.8 Å². The molecule has 0 spiro atoms. The largest absolute Gasteiger partial charge is 0.497 e. The third kappa shape index (κ3) is 4.32. The first-order chi connectivity index (χ1) is 14.2. The summed E-state index contributed by atoms with van der Waals surface area (Å²) in [5, 5.41) is -0.567. The van der Waals surface area contributed by atoms with Gasteiger partial charge in [0.2, 0.25) is 5.78 Å². The van der Waals surface area contributed by atoms with Crippen LogP contribution in [0.2, 0.25) is 0 Å². The molecule has 0 bridgehead atoms. The van der Waals surface area contributed by atoms with Gasteiger partial charge in [-0.15, -0.1) is 11.8 Å². The topological polar surface area (TPSA) is 59.1 Å². The van der Waals surface area contributed by atoms with E-state index in [1.165, 1.54) is 11.8 Å². The predicted octanol–water partition coefficient (Wildman–Crippen LogP) is 2.78. The fourth-order valence-electron chi connectivity index (χ4n) is 3.60. The van der Waals surface area contributed by atoms with E-state index in [0.717, 1.165) is 35.0 Å². The van der Waals surface area contributed by atoms with Gasteiger partial charge in [0.15, 0.2) is 0 Å². The van der Waals surface area contributed by atoms with Gasteiger partial charge < -0.3 is 14.4 Å². The molecule has 2 heterocycles. The highest BCUT2D eigenvalue weighted by atomic mass is 32.2. The number of carbonyl (C=O) groups is 2. The first-order valence-corrected chi connectivity index (χ1v) is 10.6. The molecule has 152 valence electrons. The Morgan fingerprint density at radius 3 is 2.48 bits per heavy atom. The molecular weight excluding hydrogens is 388 g/mol. The highest BCUT2D eigenvalue weighted by molar-refractivity contribution is 8.00. The van der Waals surface area contributed by atoms with Crippen molar-refractivity contribution in [1.82, 2.24) is 4.90 Å². The maximum atomic E-state index is 13.2. The van der Waals surface area contributed by atoms with Crippen LogP contribution in [0.15, 0.2) is 53.4 Å². The smallest absolute Gasteiger partial charge is 0.296 e. The van der Waals surface area contributed by atoms with E-state index < -0.39 is 16.9 Å². The quantitative estimate of drug-likeness (QED) is 0.704. The predicted molar refractivity (Wildman–Crippen MR) is 113 cm³/mol. The first-order valence-electron chi connectivity index (χ1n) is 9.73. The highest BCUT2D eigenvalue weighted by Crippen LogP contribution is 2.44. The number of hydrogen-bond acceptors (Lipinski definition) is 6. The minimum Gasteiger partial charge on any atom is -0.497 e. The number of thioether (sulfide) groups is 1. The number of morpholine rings is 1. The molecule has 0 aliphatic carbocycles. The molecule has 1 saturated heterocycles. The maximum Gasteiger partial charge on any atom is 0.296 e. The summed E-state index contributed by atoms with van der Waals surface area (Å²) in [5.41, 5.74) is 1.61. The van der Waals surface area contributed by atoms with Crippen molar-refractivity contribution in [1.29, 1.82) is 0 Å². The minimum absolute atomic E-state index is 0.390. The molecule has 2 aromatic rings. The molecule has 4 rings (SSSR count). The standard InChI is InChI=1S/C22H24N2O4S/c1-27-17-8-6-16(7-9-17)21-20(25)22(26)24(11-10-23-12-14-28-15-13-23)18-4-2-3-5-19(18)29-21/h2-9,21H,10-15H2,1H3. The summed E-state index contributed by atoms with van der Waals surface area (Å²) in [7, 11) is 1.60. The molecule has 1 atom stereocenters. The summed E-state index contributed by atoms with van der Waals surface area (Å²) in [6.45, 7) is 4.31. The van der Waals surface area contributed by atoms with Gasteiger partial charge in [-0.2, -0.15) is 0 Å². The maximum absolute atomic E-state index is 13.2. The van der Waals surface area contributed by atoms with Crippen LogP contribution < -0.4 is 9.64 Å². The van der Waals surface area contributed by atoms with Crippen molar-refractivity contribution in [2.75, 3.05) is 51.4 Å². The average molecular weight is 413 g/mol. The number of rotatable bonds is 5. The lowest BCUT2D eigenvalue weighted by atomic mass is 10.1. The van der Waals surface area contributed by atoms with Crippen LogP contribution in [0.4, 0.5) is 5.69 Å². The Morgan fingerprint density at radius 1 is 1.03 bits per heavy atom. The molecular formula is C22H24N2O4S. The van der Waals surface area contributed by atoms with Crippen molar-refractivity contribution < 1.29 is 19.1 Å². The molecule has 7 heteroatoms. The van der Waals surface area contributed by atoms with Gasteiger partial charge >= 0.3 is 0 Å². The lowest BCUT2D eigenvalue weighted by Crippen LogP contribution is -2.45. The second kappa shape index (κ2) is 8.98.